The third-order valence-corrected chi connectivity index (χ3v) is 18.5. The Morgan fingerprint density at radius 3 is 1.70 bits per heavy atom. The van der Waals surface area contributed by atoms with E-state index in [-0.39, 0.29) is 0 Å². The fourth-order valence-electron chi connectivity index (χ4n) is 7.15. The number of benzene rings is 2. The van der Waals surface area contributed by atoms with Crippen molar-refractivity contribution in [2.75, 3.05) is 0 Å². The van der Waals surface area contributed by atoms with Crippen LogP contribution < -0.4 is 0 Å². The molecule has 0 aromatic heterocycles. The van der Waals surface area contributed by atoms with Crippen molar-refractivity contribution in [1.29, 1.82) is 0 Å². The molecule has 0 radical (unpaired) electrons. The van der Waals surface area contributed by atoms with E-state index in [4.69, 9.17) is 0 Å². The third kappa shape index (κ3) is 2.08. The molecule has 0 nitrogen and oxygen atoms in total. The molecule has 136 valence electrons. The van der Waals surface area contributed by atoms with Crippen molar-refractivity contribution >= 4 is 12.2 Å². The maximum absolute atomic E-state index is 2.74. The molecule has 2 atom stereocenters. The maximum atomic E-state index is 2.74. The number of fused-ring (bicyclic) bond motifs is 8. The molecular weight excluding hydrogens is 404 g/mol. The van der Waals surface area contributed by atoms with Crippen molar-refractivity contribution in [3.8, 4) is 0 Å². The van der Waals surface area contributed by atoms with E-state index in [0.717, 1.165) is 7.25 Å². The first-order valence-electron chi connectivity index (χ1n) is 10.7. The van der Waals surface area contributed by atoms with Crippen molar-refractivity contribution in [1.82, 2.24) is 0 Å². The molecule has 0 N–H and O–H groups in total. The van der Waals surface area contributed by atoms with Crippen LogP contribution in [0, 0.1) is 5.41 Å². The second-order valence-corrected chi connectivity index (χ2v) is 21.6. The Balaban J connectivity index is 1.65. The summed E-state index contributed by atoms with van der Waals surface area (Å²) in [7, 11) is 0. The van der Waals surface area contributed by atoms with Gasteiger partial charge < -0.3 is 0 Å². The monoisotopic (exact) mass is 430 g/mol. The molecule has 2 unspecified atom stereocenters. The molecule has 1 spiro atoms. The molecular formula is C26H28Zr. The standard InChI is InChI=1S/C24H22.2CH3.Zr/c1-6-12-24(13-7-1,22-14-18-8-2-3-9-19(18)15-22)23-16-20-10-4-5-11-21(20)17-23;;;/h2-5,8-11,14-17H,1,6-7,12-13H2;2*1H3;. The summed E-state index contributed by atoms with van der Waals surface area (Å²) in [5.41, 5.74) is 10.4. The van der Waals surface area contributed by atoms with Gasteiger partial charge in [0.15, 0.2) is 0 Å². The molecule has 1 heterocycles. The normalized spacial score (nSPS) is 28.7. The third-order valence-electron chi connectivity index (χ3n) is 8.16. The molecule has 1 saturated carbocycles. The van der Waals surface area contributed by atoms with Crippen LogP contribution in [0.3, 0.4) is 0 Å². The number of allylic oxidation sites excluding steroid dienone is 2. The van der Waals surface area contributed by atoms with Gasteiger partial charge in [0.05, 0.1) is 0 Å². The molecule has 1 heteroatoms. The Kier molecular flexibility index (Phi) is 3.51. The quantitative estimate of drug-likeness (QED) is 0.405. The summed E-state index contributed by atoms with van der Waals surface area (Å²) in [4.78, 5) is 0. The summed E-state index contributed by atoms with van der Waals surface area (Å²) in [6, 6.07) is 18.7. The number of hydrogen-bond acceptors (Lipinski definition) is 0. The first-order valence-corrected chi connectivity index (χ1v) is 18.5. The molecule has 4 aliphatic rings. The van der Waals surface area contributed by atoms with Crippen LogP contribution in [-0.2, 0) is 20.3 Å². The van der Waals surface area contributed by atoms with E-state index < -0.39 is 20.3 Å². The van der Waals surface area contributed by atoms with Gasteiger partial charge in [0.1, 0.15) is 0 Å². The summed E-state index contributed by atoms with van der Waals surface area (Å²) < 4.78 is 7.01. The van der Waals surface area contributed by atoms with Crippen LogP contribution in [0.25, 0.3) is 12.2 Å². The van der Waals surface area contributed by atoms with Crippen LogP contribution in [0.15, 0.2) is 59.7 Å². The van der Waals surface area contributed by atoms with Gasteiger partial charge in [-0.3, -0.25) is 0 Å². The van der Waals surface area contributed by atoms with E-state index in [9.17, 15) is 0 Å². The summed E-state index contributed by atoms with van der Waals surface area (Å²) in [6.45, 7) is 0. The Morgan fingerprint density at radius 1 is 0.704 bits per heavy atom. The average Bonchev–Trinajstić information content (AvgIpc) is 3.28. The van der Waals surface area contributed by atoms with Gasteiger partial charge in [-0.05, 0) is 0 Å². The predicted molar refractivity (Wildman–Crippen MR) is 112 cm³/mol. The van der Waals surface area contributed by atoms with E-state index in [0.29, 0.717) is 5.41 Å². The molecule has 0 bridgehead atoms. The van der Waals surface area contributed by atoms with Gasteiger partial charge in [0.2, 0.25) is 0 Å². The van der Waals surface area contributed by atoms with Crippen LogP contribution in [0.5, 0.6) is 0 Å². The first kappa shape index (κ1) is 16.7. The summed E-state index contributed by atoms with van der Waals surface area (Å²) >= 11 is -2.53. The van der Waals surface area contributed by atoms with Crippen LogP contribution >= 0.6 is 0 Å². The molecule has 1 saturated heterocycles. The second kappa shape index (κ2) is 5.67. The molecule has 6 rings (SSSR count). The topological polar surface area (TPSA) is 0 Å². The van der Waals surface area contributed by atoms with Crippen molar-refractivity contribution in [3.63, 3.8) is 0 Å². The van der Waals surface area contributed by atoms with Gasteiger partial charge in [-0.1, -0.05) is 0 Å². The summed E-state index contributed by atoms with van der Waals surface area (Å²) in [5.74, 6) is 0. The SMILES string of the molecule is [CH3][Zr]1([CH3])[CH]2C(=Cc3ccccc32)C2(CCCCC2)C2=Cc3ccccc3[CH]21. The summed E-state index contributed by atoms with van der Waals surface area (Å²) in [5, 5.41) is 0. The Bertz CT molecular complexity index is 927. The van der Waals surface area contributed by atoms with Gasteiger partial charge in [-0.25, -0.2) is 0 Å². The Hall–Kier alpha value is -1.20. The average molecular weight is 432 g/mol. The van der Waals surface area contributed by atoms with Gasteiger partial charge in [-0.15, -0.1) is 0 Å². The molecule has 2 aromatic carbocycles. The van der Waals surface area contributed by atoms with Gasteiger partial charge >= 0.3 is 168 Å². The van der Waals surface area contributed by atoms with E-state index in [1.807, 2.05) is 11.1 Å². The van der Waals surface area contributed by atoms with Crippen LogP contribution in [0.4, 0.5) is 0 Å². The van der Waals surface area contributed by atoms with Crippen molar-refractivity contribution < 1.29 is 20.3 Å². The molecule has 1 aliphatic heterocycles. The Labute approximate surface area is 167 Å². The Morgan fingerprint density at radius 2 is 1.19 bits per heavy atom. The van der Waals surface area contributed by atoms with E-state index >= 15 is 0 Å². The van der Waals surface area contributed by atoms with E-state index in [1.54, 1.807) is 11.1 Å². The van der Waals surface area contributed by atoms with Crippen molar-refractivity contribution in [3.05, 3.63) is 81.9 Å². The fourth-order valence-corrected chi connectivity index (χ4v) is 18.9. The fraction of sp³-hybridized carbons (Fsp3) is 0.385. The number of hydrogen-bond donors (Lipinski definition) is 0. The van der Waals surface area contributed by atoms with Gasteiger partial charge in [-0.2, -0.15) is 0 Å². The predicted octanol–water partition coefficient (Wildman–Crippen LogP) is 7.48. The van der Waals surface area contributed by atoms with Crippen LogP contribution in [0.1, 0.15) is 61.6 Å². The molecule has 2 fully saturated rings. The van der Waals surface area contributed by atoms with Crippen LogP contribution in [-0.4, -0.2) is 0 Å². The zero-order valence-electron chi connectivity index (χ0n) is 16.5. The molecule has 0 amide bonds. The van der Waals surface area contributed by atoms with Crippen molar-refractivity contribution in [2.45, 2.75) is 48.6 Å². The molecule has 27 heavy (non-hydrogen) atoms. The molecule has 2 aromatic rings. The minimum absolute atomic E-state index is 0.345. The summed E-state index contributed by atoms with van der Waals surface area (Å²) in [6.07, 6.45) is 12.3. The van der Waals surface area contributed by atoms with Crippen molar-refractivity contribution in [2.24, 2.45) is 5.41 Å². The van der Waals surface area contributed by atoms with Gasteiger partial charge in [0.25, 0.3) is 0 Å². The zero-order chi connectivity index (χ0) is 18.2. The number of rotatable bonds is 0. The van der Waals surface area contributed by atoms with Gasteiger partial charge in [0, 0.05) is 0 Å². The first-order chi connectivity index (χ1) is 13.1. The molecule has 3 aliphatic carbocycles. The minimum atomic E-state index is -2.53. The van der Waals surface area contributed by atoms with E-state index in [1.165, 1.54) is 43.2 Å². The zero-order valence-corrected chi connectivity index (χ0v) is 18.9. The van der Waals surface area contributed by atoms with Crippen LogP contribution in [0.2, 0.25) is 9.26 Å². The van der Waals surface area contributed by atoms with E-state index in [2.05, 4.69) is 69.9 Å². The second-order valence-electron chi connectivity index (χ2n) is 9.79.